The van der Waals surface area contributed by atoms with Gasteiger partial charge < -0.3 is 20.7 Å². The summed E-state index contributed by atoms with van der Waals surface area (Å²) in [4.78, 5) is 24.2. The Hall–Kier alpha value is -2.32. The van der Waals surface area contributed by atoms with E-state index < -0.39 is 35.0 Å². The van der Waals surface area contributed by atoms with Gasteiger partial charge in [0.1, 0.15) is 17.6 Å². The molecule has 5 atom stereocenters. The van der Waals surface area contributed by atoms with Crippen molar-refractivity contribution in [2.45, 2.75) is 55.9 Å². The molecule has 2 aromatic rings. The van der Waals surface area contributed by atoms with Gasteiger partial charge in [0.05, 0.1) is 16.9 Å². The Labute approximate surface area is 159 Å². The number of nitrogens with one attached hydrogen (secondary N) is 1. The summed E-state index contributed by atoms with van der Waals surface area (Å²) in [5.74, 6) is -2.00. The van der Waals surface area contributed by atoms with Crippen molar-refractivity contribution in [3.8, 4) is 0 Å². The number of pyridine rings is 1. The van der Waals surface area contributed by atoms with Gasteiger partial charge in [-0.25, -0.2) is 13.6 Å². The normalized spacial score (nSPS) is 33.6. The van der Waals surface area contributed by atoms with Crippen molar-refractivity contribution in [3.63, 3.8) is 0 Å². The summed E-state index contributed by atoms with van der Waals surface area (Å²) in [5.41, 5.74) is 5.88. The quantitative estimate of drug-likeness (QED) is 0.696. The molecule has 8 heteroatoms. The van der Waals surface area contributed by atoms with Gasteiger partial charge in [0.2, 0.25) is 5.43 Å². The van der Waals surface area contributed by atoms with Gasteiger partial charge in [-0.2, -0.15) is 0 Å². The van der Waals surface area contributed by atoms with E-state index in [2.05, 4.69) is 5.32 Å². The molecule has 2 heterocycles. The standard InChI is InChI=1S/C20H21F2N3O3/c1-8-16-14(25(13-4-12(13)21)6-11(18(16)26)19(27)28)3-10(17(8)22)9-2-15(23)20(5-9)7-24-20/h3,6,9,12-13,15,24H,2,4-5,7,23H2,1H3,(H,27,28)/t9?,12-,13+,15-,20?/m0/s1. The van der Waals surface area contributed by atoms with Gasteiger partial charge >= 0.3 is 5.97 Å². The van der Waals surface area contributed by atoms with E-state index in [1.807, 2.05) is 0 Å². The lowest BCUT2D eigenvalue weighted by Gasteiger charge is -2.18. The van der Waals surface area contributed by atoms with E-state index in [1.54, 1.807) is 6.07 Å². The number of aromatic carboxylic acids is 1. The maximum Gasteiger partial charge on any atom is 0.341 e. The van der Waals surface area contributed by atoms with Gasteiger partial charge in [-0.05, 0) is 42.9 Å². The number of rotatable bonds is 3. The molecule has 3 aliphatic rings. The molecule has 1 aliphatic heterocycles. The molecule has 1 aromatic carbocycles. The number of carboxylic acids is 1. The zero-order chi connectivity index (χ0) is 20.0. The molecule has 1 aromatic heterocycles. The zero-order valence-corrected chi connectivity index (χ0v) is 15.3. The molecule has 1 spiro atoms. The third-order valence-electron chi connectivity index (χ3n) is 6.72. The highest BCUT2D eigenvalue weighted by molar-refractivity contribution is 5.94. The molecule has 0 amide bonds. The molecule has 2 aliphatic carbocycles. The number of aryl methyl sites for hydroxylation is 1. The molecular formula is C20H21F2N3O3. The first-order valence-electron chi connectivity index (χ1n) is 9.49. The van der Waals surface area contributed by atoms with Crippen LogP contribution in [-0.2, 0) is 0 Å². The summed E-state index contributed by atoms with van der Waals surface area (Å²) >= 11 is 0. The Bertz CT molecular complexity index is 1090. The minimum Gasteiger partial charge on any atom is -0.477 e. The lowest BCUT2D eigenvalue weighted by Crippen LogP contribution is -2.34. The van der Waals surface area contributed by atoms with Gasteiger partial charge in [-0.3, -0.25) is 4.79 Å². The Morgan fingerprint density at radius 1 is 1.43 bits per heavy atom. The van der Waals surface area contributed by atoms with E-state index in [1.165, 1.54) is 17.7 Å². The van der Waals surface area contributed by atoms with Gasteiger partial charge in [-0.1, -0.05) is 0 Å². The number of hydrogen-bond donors (Lipinski definition) is 3. The van der Waals surface area contributed by atoms with Gasteiger partial charge in [0.15, 0.2) is 0 Å². The Morgan fingerprint density at radius 3 is 2.64 bits per heavy atom. The summed E-state index contributed by atoms with van der Waals surface area (Å²) in [6.45, 7) is 2.30. The smallest absolute Gasteiger partial charge is 0.341 e. The number of carboxylic acid groups (broad SMARTS) is 1. The predicted molar refractivity (Wildman–Crippen MR) is 99.1 cm³/mol. The number of halogens is 2. The fraction of sp³-hybridized carbons (Fsp3) is 0.500. The minimum absolute atomic E-state index is 0.0156. The molecule has 4 N–H and O–H groups in total. The Kier molecular flexibility index (Phi) is 3.56. The first-order chi connectivity index (χ1) is 13.2. The van der Waals surface area contributed by atoms with E-state index in [4.69, 9.17) is 5.73 Å². The number of aromatic nitrogens is 1. The first kappa shape index (κ1) is 17.8. The Morgan fingerprint density at radius 2 is 2.11 bits per heavy atom. The van der Waals surface area contributed by atoms with Crippen molar-refractivity contribution >= 4 is 16.9 Å². The summed E-state index contributed by atoms with van der Waals surface area (Å²) in [6, 6.07) is 1.01. The van der Waals surface area contributed by atoms with Crippen LogP contribution in [0.15, 0.2) is 17.1 Å². The molecular weight excluding hydrogens is 368 g/mol. The highest BCUT2D eigenvalue weighted by Crippen LogP contribution is 2.47. The highest BCUT2D eigenvalue weighted by Gasteiger charge is 2.54. The van der Waals surface area contributed by atoms with Crippen LogP contribution < -0.4 is 16.5 Å². The largest absolute Gasteiger partial charge is 0.477 e. The van der Waals surface area contributed by atoms with Crippen molar-refractivity contribution in [1.29, 1.82) is 0 Å². The van der Waals surface area contributed by atoms with Crippen LogP contribution in [0.4, 0.5) is 8.78 Å². The molecule has 6 nitrogen and oxygen atoms in total. The molecule has 0 radical (unpaired) electrons. The summed E-state index contributed by atoms with van der Waals surface area (Å²) in [5, 5.41) is 12.7. The highest BCUT2D eigenvalue weighted by atomic mass is 19.1. The van der Waals surface area contributed by atoms with Crippen LogP contribution in [0, 0.1) is 12.7 Å². The number of benzene rings is 1. The average Bonchev–Trinajstić information content (AvgIpc) is 3.53. The molecule has 148 valence electrons. The van der Waals surface area contributed by atoms with E-state index in [9.17, 15) is 19.1 Å². The predicted octanol–water partition coefficient (Wildman–Crippen LogP) is 1.98. The molecule has 0 bridgehead atoms. The number of nitrogens with two attached hydrogens (primary N) is 1. The fourth-order valence-corrected chi connectivity index (χ4v) is 4.82. The lowest BCUT2D eigenvalue weighted by molar-refractivity contribution is 0.0694. The monoisotopic (exact) mass is 389 g/mol. The summed E-state index contributed by atoms with van der Waals surface area (Å²) in [7, 11) is 0. The second-order valence-corrected chi connectivity index (χ2v) is 8.46. The Balaban J connectivity index is 1.75. The fourth-order valence-electron chi connectivity index (χ4n) is 4.82. The third-order valence-corrected chi connectivity index (χ3v) is 6.72. The molecule has 28 heavy (non-hydrogen) atoms. The van der Waals surface area contributed by atoms with Crippen LogP contribution >= 0.6 is 0 Å². The number of nitrogens with zero attached hydrogens (tertiary/aromatic N) is 1. The number of hydrogen-bond acceptors (Lipinski definition) is 4. The topological polar surface area (TPSA) is 107 Å². The zero-order valence-electron chi connectivity index (χ0n) is 15.3. The maximum absolute atomic E-state index is 15.3. The molecule has 2 unspecified atom stereocenters. The number of fused-ring (bicyclic) bond motifs is 1. The van der Waals surface area contributed by atoms with Crippen LogP contribution in [0.5, 0.6) is 0 Å². The van der Waals surface area contributed by atoms with Crippen LogP contribution in [0.1, 0.15) is 52.7 Å². The van der Waals surface area contributed by atoms with Gasteiger partial charge in [0.25, 0.3) is 0 Å². The van der Waals surface area contributed by atoms with E-state index in [0.29, 0.717) is 23.9 Å². The van der Waals surface area contributed by atoms with Gasteiger partial charge in [-0.15, -0.1) is 0 Å². The van der Waals surface area contributed by atoms with Crippen LogP contribution in [0.25, 0.3) is 10.9 Å². The number of carbonyl (C=O) groups is 1. The van der Waals surface area contributed by atoms with E-state index in [-0.39, 0.29) is 34.9 Å². The molecule has 2 saturated carbocycles. The second kappa shape index (κ2) is 5.61. The van der Waals surface area contributed by atoms with Crippen molar-refractivity contribution in [2.24, 2.45) is 5.73 Å². The SMILES string of the molecule is Cc1c(F)c(C2C[C@H](N)C3(CN3)C2)cc2c1c(=O)c(C(=O)O)cn2[C@@H]1C[C@@H]1F. The van der Waals surface area contributed by atoms with Crippen molar-refractivity contribution in [3.05, 3.63) is 45.0 Å². The van der Waals surface area contributed by atoms with Crippen molar-refractivity contribution in [2.75, 3.05) is 6.54 Å². The maximum atomic E-state index is 15.3. The van der Waals surface area contributed by atoms with Crippen LogP contribution in [-0.4, -0.2) is 39.9 Å². The molecule has 1 saturated heterocycles. The lowest BCUT2D eigenvalue weighted by atomic mass is 9.91. The van der Waals surface area contributed by atoms with E-state index >= 15 is 4.39 Å². The summed E-state index contributed by atoms with van der Waals surface area (Å²) in [6.07, 6.45) is 1.69. The molecule has 3 fully saturated rings. The van der Waals surface area contributed by atoms with Crippen LogP contribution in [0.2, 0.25) is 0 Å². The second-order valence-electron chi connectivity index (χ2n) is 8.46. The number of alkyl halides is 1. The average molecular weight is 389 g/mol. The minimum atomic E-state index is -1.40. The van der Waals surface area contributed by atoms with Gasteiger partial charge in [0, 0.05) is 30.7 Å². The van der Waals surface area contributed by atoms with Crippen molar-refractivity contribution < 1.29 is 18.7 Å². The molecule has 5 rings (SSSR count). The first-order valence-corrected chi connectivity index (χ1v) is 9.49. The van der Waals surface area contributed by atoms with E-state index in [0.717, 1.165) is 6.54 Å². The summed E-state index contributed by atoms with van der Waals surface area (Å²) < 4.78 is 30.6. The third kappa shape index (κ3) is 2.37. The van der Waals surface area contributed by atoms with Crippen molar-refractivity contribution in [1.82, 2.24) is 9.88 Å². The van der Waals surface area contributed by atoms with Crippen LogP contribution in [0.3, 0.4) is 0 Å².